The Kier molecular flexibility index (Phi) is 5.58. The summed E-state index contributed by atoms with van der Waals surface area (Å²) in [6.07, 6.45) is 3.23. The van der Waals surface area contributed by atoms with Crippen molar-refractivity contribution in [1.29, 1.82) is 5.26 Å². The fourth-order valence-corrected chi connectivity index (χ4v) is 2.62. The average molecular weight is 316 g/mol. The van der Waals surface area contributed by atoms with Crippen LogP contribution in [0.5, 0.6) is 5.75 Å². The molecule has 1 aliphatic rings. The number of rotatable bonds is 6. The molecule has 0 spiro atoms. The number of esters is 1. The van der Waals surface area contributed by atoms with Gasteiger partial charge in [-0.2, -0.15) is 5.26 Å². The zero-order chi connectivity index (χ0) is 16.7. The first-order valence-electron chi connectivity index (χ1n) is 7.71. The number of ether oxygens (including phenoxy) is 2. The molecular formula is C17H20N2O4. The fourth-order valence-electron chi connectivity index (χ4n) is 2.62. The summed E-state index contributed by atoms with van der Waals surface area (Å²) in [6.45, 7) is 1.83. The molecule has 0 atom stereocenters. The standard InChI is InChI=1S/C17H20N2O4/c1-2-22-16(21)13-6-5-7-14(10-13)23-11-15(20)19-17(12-18)8-3-4-9-17/h5-7,10H,2-4,8-9,11H2,1H3,(H,19,20). The number of nitrogens with one attached hydrogen (secondary N) is 1. The van der Waals surface area contributed by atoms with Crippen molar-refractivity contribution < 1.29 is 19.1 Å². The predicted octanol–water partition coefficient (Wildman–Crippen LogP) is 2.19. The highest BCUT2D eigenvalue weighted by Gasteiger charge is 2.35. The zero-order valence-electron chi connectivity index (χ0n) is 13.1. The van der Waals surface area contributed by atoms with E-state index in [1.165, 1.54) is 6.07 Å². The van der Waals surface area contributed by atoms with Crippen LogP contribution in [0.25, 0.3) is 0 Å². The fraction of sp³-hybridized carbons (Fsp3) is 0.471. The maximum absolute atomic E-state index is 12.0. The van der Waals surface area contributed by atoms with Crippen LogP contribution >= 0.6 is 0 Å². The van der Waals surface area contributed by atoms with Gasteiger partial charge in [0.05, 0.1) is 18.2 Å². The van der Waals surface area contributed by atoms with Crippen LogP contribution in [-0.2, 0) is 9.53 Å². The van der Waals surface area contributed by atoms with E-state index in [2.05, 4.69) is 11.4 Å². The molecule has 6 heteroatoms. The minimum atomic E-state index is -0.757. The van der Waals surface area contributed by atoms with Crippen molar-refractivity contribution in [3.05, 3.63) is 29.8 Å². The summed E-state index contributed by atoms with van der Waals surface area (Å²) in [7, 11) is 0. The molecule has 0 radical (unpaired) electrons. The van der Waals surface area contributed by atoms with Crippen LogP contribution in [0.3, 0.4) is 0 Å². The molecule has 0 heterocycles. The zero-order valence-corrected chi connectivity index (χ0v) is 13.1. The van der Waals surface area contributed by atoms with Gasteiger partial charge in [0.15, 0.2) is 6.61 Å². The maximum Gasteiger partial charge on any atom is 0.338 e. The molecular weight excluding hydrogens is 296 g/mol. The van der Waals surface area contributed by atoms with Gasteiger partial charge in [0.2, 0.25) is 0 Å². The summed E-state index contributed by atoms with van der Waals surface area (Å²) in [5, 5.41) is 12.0. The molecule has 0 unspecified atom stereocenters. The smallest absolute Gasteiger partial charge is 0.338 e. The topological polar surface area (TPSA) is 88.4 Å². The van der Waals surface area contributed by atoms with E-state index in [9.17, 15) is 14.9 Å². The monoisotopic (exact) mass is 316 g/mol. The number of amides is 1. The van der Waals surface area contributed by atoms with Crippen LogP contribution in [0, 0.1) is 11.3 Å². The number of hydrogen-bond acceptors (Lipinski definition) is 5. The van der Waals surface area contributed by atoms with Crippen molar-refractivity contribution in [3.8, 4) is 11.8 Å². The molecule has 122 valence electrons. The highest BCUT2D eigenvalue weighted by Crippen LogP contribution is 2.28. The Balaban J connectivity index is 1.90. The predicted molar refractivity (Wildman–Crippen MR) is 82.8 cm³/mol. The Morgan fingerprint density at radius 2 is 2.09 bits per heavy atom. The maximum atomic E-state index is 12.0. The summed E-state index contributed by atoms with van der Waals surface area (Å²) in [5.74, 6) is -0.366. The lowest BCUT2D eigenvalue weighted by molar-refractivity contribution is -0.124. The first-order chi connectivity index (χ1) is 11.1. The van der Waals surface area contributed by atoms with Crippen LogP contribution in [0.1, 0.15) is 43.0 Å². The number of carbonyl (C=O) groups is 2. The summed E-state index contributed by atoms with van der Waals surface area (Å²) in [4.78, 5) is 23.6. The van der Waals surface area contributed by atoms with Crippen LogP contribution in [0.4, 0.5) is 0 Å². The molecule has 0 aliphatic heterocycles. The number of nitrogens with zero attached hydrogens (tertiary/aromatic N) is 1. The van der Waals surface area contributed by atoms with Crippen LogP contribution in [-0.4, -0.2) is 30.6 Å². The van der Waals surface area contributed by atoms with Gasteiger partial charge in [0.25, 0.3) is 5.91 Å². The Hall–Kier alpha value is -2.55. The van der Waals surface area contributed by atoms with E-state index in [-0.39, 0.29) is 12.5 Å². The van der Waals surface area contributed by atoms with Crippen molar-refractivity contribution in [2.24, 2.45) is 0 Å². The molecule has 1 aromatic carbocycles. The second kappa shape index (κ2) is 7.63. The Labute approximate surface area is 135 Å². The van der Waals surface area contributed by atoms with Crippen LogP contribution in [0.2, 0.25) is 0 Å². The quantitative estimate of drug-likeness (QED) is 0.813. The normalized spacial score (nSPS) is 15.5. The molecule has 1 saturated carbocycles. The molecule has 1 fully saturated rings. The Morgan fingerprint density at radius 1 is 1.35 bits per heavy atom. The second-order valence-corrected chi connectivity index (χ2v) is 5.49. The lowest BCUT2D eigenvalue weighted by Gasteiger charge is -2.21. The lowest BCUT2D eigenvalue weighted by Crippen LogP contribution is -2.47. The molecule has 0 saturated heterocycles. The van der Waals surface area contributed by atoms with Gasteiger partial charge in [-0.1, -0.05) is 6.07 Å². The van der Waals surface area contributed by atoms with Crippen LogP contribution < -0.4 is 10.1 Å². The van der Waals surface area contributed by atoms with Crippen molar-refractivity contribution in [1.82, 2.24) is 5.32 Å². The highest BCUT2D eigenvalue weighted by atomic mass is 16.5. The van der Waals surface area contributed by atoms with Gasteiger partial charge in [-0.05, 0) is 50.8 Å². The van der Waals surface area contributed by atoms with E-state index in [0.29, 0.717) is 30.8 Å². The summed E-state index contributed by atoms with van der Waals surface area (Å²) in [5.41, 5.74) is -0.387. The Morgan fingerprint density at radius 3 is 2.74 bits per heavy atom. The van der Waals surface area contributed by atoms with E-state index in [4.69, 9.17) is 9.47 Å². The second-order valence-electron chi connectivity index (χ2n) is 5.49. The molecule has 6 nitrogen and oxygen atoms in total. The molecule has 0 aromatic heterocycles. The first kappa shape index (κ1) is 16.8. The van der Waals surface area contributed by atoms with Gasteiger partial charge < -0.3 is 14.8 Å². The van der Waals surface area contributed by atoms with E-state index >= 15 is 0 Å². The third-order valence-corrected chi connectivity index (χ3v) is 3.76. The van der Waals surface area contributed by atoms with Gasteiger partial charge in [0, 0.05) is 0 Å². The largest absolute Gasteiger partial charge is 0.484 e. The minimum absolute atomic E-state index is 0.199. The third kappa shape index (κ3) is 4.46. The molecule has 1 aliphatic carbocycles. The molecule has 0 bridgehead atoms. The van der Waals surface area contributed by atoms with Gasteiger partial charge >= 0.3 is 5.97 Å². The third-order valence-electron chi connectivity index (χ3n) is 3.76. The molecule has 1 aromatic rings. The Bertz CT molecular complexity index is 615. The summed E-state index contributed by atoms with van der Waals surface area (Å²) in [6, 6.07) is 8.66. The highest BCUT2D eigenvalue weighted by molar-refractivity contribution is 5.89. The van der Waals surface area contributed by atoms with E-state index in [1.54, 1.807) is 25.1 Å². The van der Waals surface area contributed by atoms with Gasteiger partial charge in [0.1, 0.15) is 11.3 Å². The number of carbonyl (C=O) groups excluding carboxylic acids is 2. The number of benzene rings is 1. The van der Waals surface area contributed by atoms with Gasteiger partial charge in [-0.15, -0.1) is 0 Å². The molecule has 2 rings (SSSR count). The van der Waals surface area contributed by atoms with Crippen molar-refractivity contribution >= 4 is 11.9 Å². The van der Waals surface area contributed by atoms with Gasteiger partial charge in [-0.3, -0.25) is 4.79 Å². The molecule has 1 N–H and O–H groups in total. The van der Waals surface area contributed by atoms with E-state index in [1.807, 2.05) is 0 Å². The van der Waals surface area contributed by atoms with Crippen molar-refractivity contribution in [2.45, 2.75) is 38.1 Å². The van der Waals surface area contributed by atoms with Gasteiger partial charge in [-0.25, -0.2) is 4.79 Å². The van der Waals surface area contributed by atoms with Crippen molar-refractivity contribution in [3.63, 3.8) is 0 Å². The molecule has 23 heavy (non-hydrogen) atoms. The van der Waals surface area contributed by atoms with E-state index < -0.39 is 11.5 Å². The number of nitriles is 1. The summed E-state index contributed by atoms with van der Waals surface area (Å²) < 4.78 is 10.3. The SMILES string of the molecule is CCOC(=O)c1cccc(OCC(=O)NC2(C#N)CCCC2)c1. The first-order valence-corrected chi connectivity index (χ1v) is 7.71. The summed E-state index contributed by atoms with van der Waals surface area (Å²) >= 11 is 0. The van der Waals surface area contributed by atoms with Crippen molar-refractivity contribution in [2.75, 3.05) is 13.2 Å². The number of hydrogen-bond donors (Lipinski definition) is 1. The minimum Gasteiger partial charge on any atom is -0.484 e. The van der Waals surface area contributed by atoms with Crippen LogP contribution in [0.15, 0.2) is 24.3 Å². The average Bonchev–Trinajstić information content (AvgIpc) is 3.02. The molecule has 1 amide bonds. The van der Waals surface area contributed by atoms with E-state index in [0.717, 1.165) is 12.8 Å². The lowest BCUT2D eigenvalue weighted by atomic mass is 10.00.